The number of allylic oxidation sites excluding steroid dienone is 1. The summed E-state index contributed by atoms with van der Waals surface area (Å²) in [6.45, 7) is 9.71. The van der Waals surface area contributed by atoms with Crippen LogP contribution in [0.3, 0.4) is 0 Å². The third-order valence-electron chi connectivity index (χ3n) is 8.06. The highest BCUT2D eigenvalue weighted by atomic mass is 16.3. The fourth-order valence-corrected chi connectivity index (χ4v) is 5.96. The Labute approximate surface area is 209 Å². The first-order valence-corrected chi connectivity index (χ1v) is 12.9. The molecule has 0 bridgehead atoms. The number of likely N-dealkylation sites (tertiary alicyclic amines) is 1. The molecular weight excluding hydrogens is 442 g/mol. The molecule has 1 heterocycles. The molecule has 1 aromatic rings. The summed E-state index contributed by atoms with van der Waals surface area (Å²) in [5, 5.41) is 16.2. The van der Waals surface area contributed by atoms with Crippen molar-refractivity contribution in [3.05, 3.63) is 41.5 Å². The van der Waals surface area contributed by atoms with Gasteiger partial charge in [0.05, 0.1) is 24.5 Å². The smallest absolute Gasteiger partial charge is 0.247 e. The average molecular weight is 484 g/mol. The number of anilines is 1. The number of hydrogen-bond donors (Lipinski definition) is 3. The molecule has 1 aromatic carbocycles. The Kier molecular flexibility index (Phi) is 8.75. The van der Waals surface area contributed by atoms with Crippen LogP contribution in [0.5, 0.6) is 0 Å². The number of aryl methyl sites for hydroxylation is 2. The topological polar surface area (TPSA) is 98.7 Å². The number of hydrogen-bond acceptors (Lipinski definition) is 4. The van der Waals surface area contributed by atoms with E-state index in [1.165, 1.54) is 0 Å². The summed E-state index contributed by atoms with van der Waals surface area (Å²) in [7, 11) is 1.59. The Bertz CT molecular complexity index is 955. The van der Waals surface area contributed by atoms with Gasteiger partial charge in [-0.3, -0.25) is 14.4 Å². The van der Waals surface area contributed by atoms with E-state index in [0.29, 0.717) is 0 Å². The Morgan fingerprint density at radius 3 is 2.31 bits per heavy atom. The van der Waals surface area contributed by atoms with Gasteiger partial charge < -0.3 is 20.6 Å². The number of carbonyl (C=O) groups is 3. The number of nitrogens with zero attached hydrogens (tertiary/aromatic N) is 1. The van der Waals surface area contributed by atoms with Crippen LogP contribution in [-0.2, 0) is 14.4 Å². The summed E-state index contributed by atoms with van der Waals surface area (Å²) >= 11 is 0. The Balaban J connectivity index is 2.10. The predicted octanol–water partition coefficient (Wildman–Crippen LogP) is 3.44. The second kappa shape index (κ2) is 11.4. The molecule has 2 aliphatic rings. The Morgan fingerprint density at radius 2 is 1.77 bits per heavy atom. The number of fused-ring (bicyclic) bond motifs is 1. The van der Waals surface area contributed by atoms with E-state index in [0.717, 1.165) is 36.1 Å². The zero-order chi connectivity index (χ0) is 25.9. The first-order chi connectivity index (χ1) is 16.7. The van der Waals surface area contributed by atoms with Crippen molar-refractivity contribution in [2.45, 2.75) is 66.0 Å². The van der Waals surface area contributed by atoms with E-state index in [1.54, 1.807) is 11.9 Å². The van der Waals surface area contributed by atoms with E-state index < -0.39 is 29.8 Å². The van der Waals surface area contributed by atoms with Crippen molar-refractivity contribution >= 4 is 23.4 Å². The molecule has 3 N–H and O–H groups in total. The molecule has 7 nitrogen and oxygen atoms in total. The molecule has 35 heavy (non-hydrogen) atoms. The molecule has 1 fully saturated rings. The zero-order valence-electron chi connectivity index (χ0n) is 21.9. The summed E-state index contributed by atoms with van der Waals surface area (Å²) in [5.74, 6) is -2.36. The molecule has 1 aliphatic carbocycles. The quantitative estimate of drug-likeness (QED) is 0.469. The van der Waals surface area contributed by atoms with Crippen molar-refractivity contribution in [3.8, 4) is 0 Å². The SMILES string of the molecule is CCC[C@@H]1C=C[C@H]2[C@H](C(=O)N([C@@H](CO)[C@@H](C)CC)[C@@H]2C(=O)Nc2c(C)cccc2C)[C@@H]1C(=O)NC. The predicted molar refractivity (Wildman–Crippen MR) is 138 cm³/mol. The molecule has 3 amide bonds. The number of rotatable bonds is 9. The number of para-hydroxylation sites is 1. The van der Waals surface area contributed by atoms with Gasteiger partial charge in [-0.1, -0.05) is 64.0 Å². The van der Waals surface area contributed by atoms with Gasteiger partial charge in [0.15, 0.2) is 0 Å². The van der Waals surface area contributed by atoms with Gasteiger partial charge in [-0.25, -0.2) is 0 Å². The van der Waals surface area contributed by atoms with Gasteiger partial charge in [-0.15, -0.1) is 0 Å². The molecule has 3 rings (SSSR count). The van der Waals surface area contributed by atoms with Gasteiger partial charge in [0, 0.05) is 18.7 Å². The third kappa shape index (κ3) is 5.01. The fraction of sp³-hybridized carbons (Fsp3) is 0.607. The lowest BCUT2D eigenvalue weighted by Gasteiger charge is -2.36. The van der Waals surface area contributed by atoms with Gasteiger partial charge in [0.25, 0.3) is 0 Å². The number of nitrogens with one attached hydrogen (secondary N) is 2. The van der Waals surface area contributed by atoms with Gasteiger partial charge >= 0.3 is 0 Å². The second-order valence-corrected chi connectivity index (χ2v) is 10.2. The van der Waals surface area contributed by atoms with Crippen molar-refractivity contribution in [2.75, 3.05) is 19.0 Å². The zero-order valence-corrected chi connectivity index (χ0v) is 21.9. The van der Waals surface area contributed by atoms with Crippen LogP contribution in [0, 0.1) is 43.4 Å². The van der Waals surface area contributed by atoms with E-state index in [-0.39, 0.29) is 36.2 Å². The molecule has 1 aliphatic heterocycles. The normalized spacial score (nSPS) is 27.3. The van der Waals surface area contributed by atoms with Crippen LogP contribution in [0.2, 0.25) is 0 Å². The minimum Gasteiger partial charge on any atom is -0.394 e. The minimum atomic E-state index is -0.802. The monoisotopic (exact) mass is 483 g/mol. The highest BCUT2D eigenvalue weighted by Gasteiger charge is 2.58. The lowest BCUT2D eigenvalue weighted by molar-refractivity contribution is -0.143. The highest BCUT2D eigenvalue weighted by Crippen LogP contribution is 2.46. The molecule has 7 heteroatoms. The molecule has 0 unspecified atom stereocenters. The fourth-order valence-electron chi connectivity index (χ4n) is 5.96. The Hall–Kier alpha value is -2.67. The van der Waals surface area contributed by atoms with Crippen LogP contribution in [0.4, 0.5) is 5.69 Å². The molecular formula is C28H41N3O4. The van der Waals surface area contributed by atoms with Crippen LogP contribution < -0.4 is 10.6 Å². The lowest BCUT2D eigenvalue weighted by Crippen LogP contribution is -2.52. The second-order valence-electron chi connectivity index (χ2n) is 10.2. The number of amides is 3. The van der Waals surface area contributed by atoms with Crippen molar-refractivity contribution in [1.29, 1.82) is 0 Å². The molecule has 1 saturated heterocycles. The van der Waals surface area contributed by atoms with E-state index in [9.17, 15) is 19.5 Å². The average Bonchev–Trinajstić information content (AvgIpc) is 3.13. The van der Waals surface area contributed by atoms with E-state index in [4.69, 9.17) is 0 Å². The minimum absolute atomic E-state index is 0.00605. The van der Waals surface area contributed by atoms with Crippen molar-refractivity contribution in [3.63, 3.8) is 0 Å². The first-order valence-electron chi connectivity index (χ1n) is 12.9. The largest absolute Gasteiger partial charge is 0.394 e. The maximum atomic E-state index is 14.1. The van der Waals surface area contributed by atoms with E-state index in [2.05, 4.69) is 17.6 Å². The van der Waals surface area contributed by atoms with Crippen LogP contribution in [0.1, 0.15) is 51.2 Å². The van der Waals surface area contributed by atoms with Gasteiger partial charge in [-0.2, -0.15) is 0 Å². The third-order valence-corrected chi connectivity index (χ3v) is 8.06. The Morgan fingerprint density at radius 1 is 1.11 bits per heavy atom. The first kappa shape index (κ1) is 26.9. The maximum absolute atomic E-state index is 14.1. The number of carbonyl (C=O) groups excluding carboxylic acids is 3. The van der Waals surface area contributed by atoms with Crippen LogP contribution in [-0.4, -0.2) is 53.5 Å². The van der Waals surface area contributed by atoms with Gasteiger partial charge in [-0.05, 0) is 43.2 Å². The van der Waals surface area contributed by atoms with Gasteiger partial charge in [0.2, 0.25) is 17.7 Å². The summed E-state index contributed by atoms with van der Waals surface area (Å²) in [4.78, 5) is 42.6. The highest BCUT2D eigenvalue weighted by molar-refractivity contribution is 6.02. The summed E-state index contributed by atoms with van der Waals surface area (Å²) < 4.78 is 0. The summed E-state index contributed by atoms with van der Waals surface area (Å²) in [6.07, 6.45) is 6.43. The van der Waals surface area contributed by atoms with Crippen LogP contribution in [0.25, 0.3) is 0 Å². The van der Waals surface area contributed by atoms with Crippen LogP contribution in [0.15, 0.2) is 30.4 Å². The van der Waals surface area contributed by atoms with Gasteiger partial charge in [0.1, 0.15) is 6.04 Å². The van der Waals surface area contributed by atoms with E-state index >= 15 is 0 Å². The molecule has 192 valence electrons. The summed E-state index contributed by atoms with van der Waals surface area (Å²) in [5.41, 5.74) is 2.62. The lowest BCUT2D eigenvalue weighted by atomic mass is 9.68. The number of aliphatic hydroxyl groups is 1. The molecule has 0 spiro atoms. The van der Waals surface area contributed by atoms with Crippen LogP contribution >= 0.6 is 0 Å². The summed E-state index contributed by atoms with van der Waals surface area (Å²) in [6, 6.07) is 4.52. The standard InChI is InChI=1S/C28H41N3O4/c1-7-10-19-13-14-20-23(22(19)26(33)29-6)28(35)31(21(15-32)16(3)8-2)25(20)27(34)30-24-17(4)11-9-12-18(24)5/h9,11-14,16,19-23,25,32H,7-8,10,15H2,1-6H3,(H,29,33)(H,30,34)/t16-,19+,20-,21-,22+,23-,25-/m0/s1. The van der Waals surface area contributed by atoms with Crippen molar-refractivity contribution < 1.29 is 19.5 Å². The maximum Gasteiger partial charge on any atom is 0.247 e. The van der Waals surface area contributed by atoms with E-state index in [1.807, 2.05) is 58.0 Å². The molecule has 0 radical (unpaired) electrons. The number of benzene rings is 1. The van der Waals surface area contributed by atoms with Crippen molar-refractivity contribution in [1.82, 2.24) is 10.2 Å². The molecule has 7 atom stereocenters. The number of aliphatic hydroxyl groups excluding tert-OH is 1. The van der Waals surface area contributed by atoms with Crippen molar-refractivity contribution in [2.24, 2.45) is 29.6 Å². The molecule has 0 saturated carbocycles. The molecule has 0 aromatic heterocycles.